The molecule has 3 N–H and O–H groups in total. The van der Waals surface area contributed by atoms with Crippen LogP contribution in [0.25, 0.3) is 0 Å². The topological polar surface area (TPSA) is 62.6 Å². The average Bonchev–Trinajstić information content (AvgIpc) is 2.57. The van der Waals surface area contributed by atoms with Crippen LogP contribution in [0.2, 0.25) is 5.02 Å². The van der Waals surface area contributed by atoms with Gasteiger partial charge < -0.3 is 15.5 Å². The number of hydrogen-bond acceptors (Lipinski definition) is 2. The summed E-state index contributed by atoms with van der Waals surface area (Å²) in [6.45, 7) is 4.84. The summed E-state index contributed by atoms with van der Waals surface area (Å²) >= 11 is 5.93. The van der Waals surface area contributed by atoms with Crippen LogP contribution in [-0.4, -0.2) is 32.0 Å². The molecule has 2 aromatic rings. The van der Waals surface area contributed by atoms with Gasteiger partial charge >= 0.3 is 0 Å². The Labute approximate surface area is 159 Å². The summed E-state index contributed by atoms with van der Waals surface area (Å²) in [5.74, 6) is -0.221. The van der Waals surface area contributed by atoms with Crippen molar-refractivity contribution in [1.29, 1.82) is 0 Å². The first-order valence-electron chi connectivity index (χ1n) is 8.53. The molecular formula is C20H25ClN3O2+. The Hall–Kier alpha value is -2.37. The van der Waals surface area contributed by atoms with Crippen LogP contribution in [0.5, 0.6) is 0 Å². The zero-order valence-electron chi connectivity index (χ0n) is 15.4. The first-order valence-corrected chi connectivity index (χ1v) is 8.91. The van der Waals surface area contributed by atoms with Crippen LogP contribution in [0.3, 0.4) is 0 Å². The molecule has 0 aliphatic heterocycles. The van der Waals surface area contributed by atoms with E-state index < -0.39 is 0 Å². The molecule has 0 radical (unpaired) electrons. The summed E-state index contributed by atoms with van der Waals surface area (Å²) in [6, 6.07) is 13.2. The quantitative estimate of drug-likeness (QED) is 0.691. The maximum atomic E-state index is 12.2. The number of carbonyl (C=O) groups is 2. The van der Waals surface area contributed by atoms with Gasteiger partial charge in [-0.2, -0.15) is 0 Å². The van der Waals surface area contributed by atoms with E-state index in [1.165, 1.54) is 0 Å². The second-order valence-electron chi connectivity index (χ2n) is 6.51. The number of benzene rings is 2. The number of hydrogen-bond donors (Lipinski definition) is 3. The highest BCUT2D eigenvalue weighted by Crippen LogP contribution is 2.17. The van der Waals surface area contributed by atoms with Gasteiger partial charge in [0.05, 0.1) is 7.05 Å². The molecule has 0 fully saturated rings. The van der Waals surface area contributed by atoms with Crippen LogP contribution in [0, 0.1) is 13.8 Å². The second-order valence-corrected chi connectivity index (χ2v) is 6.95. The molecule has 2 aromatic carbocycles. The Morgan fingerprint density at radius 1 is 1.04 bits per heavy atom. The summed E-state index contributed by atoms with van der Waals surface area (Å²) in [7, 11) is 1.82. The molecule has 0 aliphatic rings. The maximum absolute atomic E-state index is 12.2. The van der Waals surface area contributed by atoms with E-state index in [4.69, 9.17) is 11.6 Å². The summed E-state index contributed by atoms with van der Waals surface area (Å²) in [5, 5.41) is 6.40. The van der Waals surface area contributed by atoms with E-state index in [0.717, 1.165) is 27.3 Å². The van der Waals surface area contributed by atoms with Crippen LogP contribution in [0.15, 0.2) is 42.5 Å². The lowest BCUT2D eigenvalue weighted by Gasteiger charge is -2.15. The van der Waals surface area contributed by atoms with Gasteiger partial charge in [-0.05, 0) is 48.7 Å². The highest BCUT2D eigenvalue weighted by atomic mass is 35.5. The van der Waals surface area contributed by atoms with E-state index in [2.05, 4.69) is 10.6 Å². The van der Waals surface area contributed by atoms with Crippen molar-refractivity contribution < 1.29 is 14.5 Å². The molecule has 2 amide bonds. The Balaban J connectivity index is 1.78. The zero-order chi connectivity index (χ0) is 19.1. The van der Waals surface area contributed by atoms with E-state index in [-0.39, 0.29) is 24.9 Å². The van der Waals surface area contributed by atoms with Crippen molar-refractivity contribution in [1.82, 2.24) is 5.32 Å². The molecule has 1 unspecified atom stereocenters. The molecule has 0 heterocycles. The normalized spacial score (nSPS) is 11.7. The monoisotopic (exact) mass is 374 g/mol. The lowest BCUT2D eigenvalue weighted by molar-refractivity contribution is -0.862. The first-order chi connectivity index (χ1) is 12.3. The Morgan fingerprint density at radius 2 is 1.73 bits per heavy atom. The smallest absolute Gasteiger partial charge is 0.279 e. The van der Waals surface area contributed by atoms with Crippen LogP contribution in [-0.2, 0) is 16.1 Å². The number of nitrogens with one attached hydrogen (secondary N) is 3. The number of carbonyl (C=O) groups excluding carboxylic acids is 2. The number of anilines is 1. The lowest BCUT2D eigenvalue weighted by atomic mass is 10.1. The third-order valence-electron chi connectivity index (χ3n) is 4.18. The van der Waals surface area contributed by atoms with Crippen LogP contribution in [0.1, 0.15) is 16.7 Å². The Bertz CT molecular complexity index is 792. The minimum atomic E-state index is -0.112. The molecular weight excluding hydrogens is 350 g/mol. The van der Waals surface area contributed by atoms with Crippen LogP contribution >= 0.6 is 11.6 Å². The predicted molar refractivity (Wildman–Crippen MR) is 104 cm³/mol. The van der Waals surface area contributed by atoms with Gasteiger partial charge in [-0.1, -0.05) is 35.9 Å². The van der Waals surface area contributed by atoms with Crippen molar-refractivity contribution in [2.24, 2.45) is 0 Å². The molecule has 0 spiro atoms. The number of quaternary nitrogens is 1. The fraction of sp³-hybridized carbons (Fsp3) is 0.300. The summed E-state index contributed by atoms with van der Waals surface area (Å²) in [6.07, 6.45) is 0. The van der Waals surface area contributed by atoms with Crippen molar-refractivity contribution in [3.8, 4) is 0 Å². The zero-order valence-corrected chi connectivity index (χ0v) is 16.1. The van der Waals surface area contributed by atoms with Gasteiger partial charge in [0, 0.05) is 17.3 Å². The third kappa shape index (κ3) is 6.17. The molecule has 0 saturated heterocycles. The molecule has 0 aliphatic carbocycles. The molecule has 138 valence electrons. The molecule has 0 aromatic heterocycles. The van der Waals surface area contributed by atoms with Gasteiger partial charge in [-0.3, -0.25) is 9.59 Å². The molecule has 26 heavy (non-hydrogen) atoms. The fourth-order valence-corrected chi connectivity index (χ4v) is 2.81. The van der Waals surface area contributed by atoms with E-state index in [1.54, 1.807) is 6.07 Å². The standard InChI is InChI=1S/C20H24ClN3O2/c1-14-6-4-9-18(15(14)2)23-20(26)13-24(3)12-19(25)22-11-16-7-5-8-17(21)10-16/h4-10H,11-13H2,1-3H3,(H,22,25)(H,23,26)/p+1. The van der Waals surface area contributed by atoms with Gasteiger partial charge in [0.15, 0.2) is 13.1 Å². The molecule has 0 bridgehead atoms. The van der Waals surface area contributed by atoms with Crippen molar-refractivity contribution in [2.45, 2.75) is 20.4 Å². The number of halogens is 1. The minimum Gasteiger partial charge on any atom is -0.347 e. The highest BCUT2D eigenvalue weighted by Gasteiger charge is 2.15. The molecule has 1 atom stereocenters. The second kappa shape index (κ2) is 9.36. The molecule has 0 saturated carbocycles. The Kier molecular flexibility index (Phi) is 7.18. The van der Waals surface area contributed by atoms with Gasteiger partial charge in [0.1, 0.15) is 0 Å². The van der Waals surface area contributed by atoms with E-state index in [0.29, 0.717) is 11.6 Å². The van der Waals surface area contributed by atoms with Crippen LogP contribution in [0.4, 0.5) is 5.69 Å². The fourth-order valence-electron chi connectivity index (χ4n) is 2.60. The number of amides is 2. The maximum Gasteiger partial charge on any atom is 0.279 e. The van der Waals surface area contributed by atoms with E-state index >= 15 is 0 Å². The highest BCUT2D eigenvalue weighted by molar-refractivity contribution is 6.30. The minimum absolute atomic E-state index is 0.109. The molecule has 2 rings (SSSR count). The van der Waals surface area contributed by atoms with Gasteiger partial charge in [0.25, 0.3) is 11.8 Å². The third-order valence-corrected chi connectivity index (χ3v) is 4.42. The summed E-state index contributed by atoms with van der Waals surface area (Å²) in [5.41, 5.74) is 3.94. The van der Waals surface area contributed by atoms with Crippen molar-refractivity contribution in [3.63, 3.8) is 0 Å². The van der Waals surface area contributed by atoms with E-state index in [1.807, 2.05) is 57.3 Å². The number of aryl methyl sites for hydroxylation is 1. The van der Waals surface area contributed by atoms with Gasteiger partial charge in [-0.15, -0.1) is 0 Å². The SMILES string of the molecule is Cc1cccc(NC(=O)C[NH+](C)CC(=O)NCc2cccc(Cl)c2)c1C. The van der Waals surface area contributed by atoms with E-state index in [9.17, 15) is 9.59 Å². The lowest BCUT2D eigenvalue weighted by Crippen LogP contribution is -3.11. The Morgan fingerprint density at radius 3 is 2.46 bits per heavy atom. The number of rotatable bonds is 7. The number of likely N-dealkylation sites (N-methyl/N-ethyl adjacent to an activating group) is 1. The van der Waals surface area contributed by atoms with Gasteiger partial charge in [-0.25, -0.2) is 0 Å². The van der Waals surface area contributed by atoms with Crippen LogP contribution < -0.4 is 15.5 Å². The largest absolute Gasteiger partial charge is 0.347 e. The van der Waals surface area contributed by atoms with Crippen molar-refractivity contribution in [3.05, 3.63) is 64.2 Å². The average molecular weight is 375 g/mol. The first kappa shape index (κ1) is 19.9. The summed E-state index contributed by atoms with van der Waals surface area (Å²) in [4.78, 5) is 25.1. The van der Waals surface area contributed by atoms with Crippen molar-refractivity contribution in [2.75, 3.05) is 25.5 Å². The predicted octanol–water partition coefficient (Wildman–Crippen LogP) is 1.73. The molecule has 5 nitrogen and oxygen atoms in total. The summed E-state index contributed by atoms with van der Waals surface area (Å²) < 4.78 is 0. The van der Waals surface area contributed by atoms with Crippen molar-refractivity contribution >= 4 is 29.1 Å². The molecule has 6 heteroatoms. The van der Waals surface area contributed by atoms with Gasteiger partial charge in [0.2, 0.25) is 0 Å².